The van der Waals surface area contributed by atoms with Gasteiger partial charge in [-0.05, 0) is 41.2 Å². The molecular formula is C23H27FN2O. The monoisotopic (exact) mass is 366 g/mol. The standard InChI is InChI=1S/C23H27FN2O/c1-17(2)20-8-6-18(7-9-20)15-25-23(27)21-10-12-26(13-11-21)16-19-4-3-5-22(24)14-19/h3-10,14,17H,11-13,15-16H2,1-2H3,(H,25,27). The Hall–Kier alpha value is -2.46. The molecule has 27 heavy (non-hydrogen) atoms. The zero-order valence-corrected chi connectivity index (χ0v) is 16.0. The predicted octanol–water partition coefficient (Wildman–Crippen LogP) is 4.40. The van der Waals surface area contributed by atoms with Gasteiger partial charge in [0, 0.05) is 31.8 Å². The summed E-state index contributed by atoms with van der Waals surface area (Å²) in [6, 6.07) is 15.1. The molecule has 0 radical (unpaired) electrons. The molecule has 3 nitrogen and oxygen atoms in total. The molecule has 142 valence electrons. The minimum absolute atomic E-state index is 0.00772. The van der Waals surface area contributed by atoms with Gasteiger partial charge in [-0.25, -0.2) is 4.39 Å². The molecule has 3 rings (SSSR count). The summed E-state index contributed by atoms with van der Waals surface area (Å²) in [5.74, 6) is 0.311. The number of benzene rings is 2. The van der Waals surface area contributed by atoms with E-state index >= 15 is 0 Å². The van der Waals surface area contributed by atoms with E-state index in [1.54, 1.807) is 12.1 Å². The summed E-state index contributed by atoms with van der Waals surface area (Å²) in [5, 5.41) is 3.01. The van der Waals surface area contributed by atoms with E-state index in [-0.39, 0.29) is 11.7 Å². The minimum Gasteiger partial charge on any atom is -0.348 e. The molecule has 1 amide bonds. The number of carbonyl (C=O) groups is 1. The SMILES string of the molecule is CC(C)c1ccc(CNC(=O)C2=CCN(Cc3cccc(F)c3)CC2)cc1. The quantitative estimate of drug-likeness (QED) is 0.822. The molecule has 2 aromatic rings. The van der Waals surface area contributed by atoms with Crippen LogP contribution in [0.2, 0.25) is 0 Å². The first-order valence-electron chi connectivity index (χ1n) is 9.54. The summed E-state index contributed by atoms with van der Waals surface area (Å²) in [4.78, 5) is 14.6. The highest BCUT2D eigenvalue weighted by atomic mass is 19.1. The van der Waals surface area contributed by atoms with Crippen molar-refractivity contribution >= 4 is 5.91 Å². The molecule has 2 aromatic carbocycles. The highest BCUT2D eigenvalue weighted by Gasteiger charge is 2.17. The van der Waals surface area contributed by atoms with E-state index in [4.69, 9.17) is 0 Å². The van der Waals surface area contributed by atoms with Crippen LogP contribution < -0.4 is 5.32 Å². The lowest BCUT2D eigenvalue weighted by Crippen LogP contribution is -2.33. The topological polar surface area (TPSA) is 32.3 Å². The number of nitrogens with one attached hydrogen (secondary N) is 1. The molecular weight excluding hydrogens is 339 g/mol. The fourth-order valence-electron chi connectivity index (χ4n) is 3.27. The van der Waals surface area contributed by atoms with E-state index in [0.717, 1.165) is 23.2 Å². The van der Waals surface area contributed by atoms with E-state index in [1.165, 1.54) is 11.6 Å². The first-order valence-corrected chi connectivity index (χ1v) is 9.54. The van der Waals surface area contributed by atoms with Crippen molar-refractivity contribution in [3.05, 3.63) is 82.7 Å². The molecule has 0 bridgehead atoms. The Bertz CT molecular complexity index is 811. The Morgan fingerprint density at radius 2 is 1.93 bits per heavy atom. The number of amides is 1. The van der Waals surface area contributed by atoms with E-state index < -0.39 is 0 Å². The van der Waals surface area contributed by atoms with Gasteiger partial charge in [-0.1, -0.05) is 56.3 Å². The maximum absolute atomic E-state index is 13.3. The second kappa shape index (κ2) is 8.96. The molecule has 0 saturated heterocycles. The van der Waals surface area contributed by atoms with Crippen molar-refractivity contribution in [3.8, 4) is 0 Å². The molecule has 1 aliphatic rings. The van der Waals surface area contributed by atoms with Gasteiger partial charge in [-0.15, -0.1) is 0 Å². The van der Waals surface area contributed by atoms with Crippen LogP contribution in [0.15, 0.2) is 60.2 Å². The second-order valence-electron chi connectivity index (χ2n) is 7.42. The molecule has 0 saturated carbocycles. The zero-order chi connectivity index (χ0) is 19.2. The van der Waals surface area contributed by atoms with Gasteiger partial charge in [0.1, 0.15) is 5.82 Å². The Morgan fingerprint density at radius 3 is 2.56 bits per heavy atom. The Morgan fingerprint density at radius 1 is 1.15 bits per heavy atom. The number of carbonyl (C=O) groups excluding carboxylic acids is 1. The maximum atomic E-state index is 13.3. The van der Waals surface area contributed by atoms with Crippen molar-refractivity contribution in [1.29, 1.82) is 0 Å². The molecule has 1 aliphatic heterocycles. The van der Waals surface area contributed by atoms with Crippen LogP contribution in [0.3, 0.4) is 0 Å². The highest BCUT2D eigenvalue weighted by Crippen LogP contribution is 2.16. The predicted molar refractivity (Wildman–Crippen MR) is 107 cm³/mol. The summed E-state index contributed by atoms with van der Waals surface area (Å²) in [5.41, 5.74) is 4.21. The molecule has 4 heteroatoms. The molecule has 0 fully saturated rings. The highest BCUT2D eigenvalue weighted by molar-refractivity contribution is 5.93. The van der Waals surface area contributed by atoms with Crippen LogP contribution in [-0.2, 0) is 17.9 Å². The summed E-state index contributed by atoms with van der Waals surface area (Å²) in [6.45, 7) is 7.10. The van der Waals surface area contributed by atoms with E-state index in [2.05, 4.69) is 48.3 Å². The lowest BCUT2D eigenvalue weighted by atomic mass is 10.0. The first kappa shape index (κ1) is 19.3. The van der Waals surface area contributed by atoms with Crippen LogP contribution in [0.4, 0.5) is 4.39 Å². The third-order valence-electron chi connectivity index (χ3n) is 4.98. The third kappa shape index (κ3) is 5.51. The van der Waals surface area contributed by atoms with Crippen LogP contribution >= 0.6 is 0 Å². The van der Waals surface area contributed by atoms with E-state index in [0.29, 0.717) is 32.0 Å². The van der Waals surface area contributed by atoms with Gasteiger partial charge in [0.25, 0.3) is 0 Å². The molecule has 1 N–H and O–H groups in total. The number of rotatable bonds is 6. The summed E-state index contributed by atoms with van der Waals surface area (Å²) >= 11 is 0. The van der Waals surface area contributed by atoms with Crippen molar-refractivity contribution in [2.45, 2.75) is 39.3 Å². The lowest BCUT2D eigenvalue weighted by Gasteiger charge is -2.26. The zero-order valence-electron chi connectivity index (χ0n) is 16.0. The van der Waals surface area contributed by atoms with Crippen molar-refractivity contribution in [2.75, 3.05) is 13.1 Å². The summed E-state index contributed by atoms with van der Waals surface area (Å²) in [7, 11) is 0. The molecule has 0 spiro atoms. The van der Waals surface area contributed by atoms with Crippen molar-refractivity contribution in [3.63, 3.8) is 0 Å². The van der Waals surface area contributed by atoms with Gasteiger partial charge < -0.3 is 5.32 Å². The molecule has 1 heterocycles. The number of hydrogen-bond acceptors (Lipinski definition) is 2. The smallest absolute Gasteiger partial charge is 0.247 e. The van der Waals surface area contributed by atoms with E-state index in [1.807, 2.05) is 12.1 Å². The minimum atomic E-state index is -0.207. The summed E-state index contributed by atoms with van der Waals surface area (Å²) < 4.78 is 13.3. The van der Waals surface area contributed by atoms with E-state index in [9.17, 15) is 9.18 Å². The van der Waals surface area contributed by atoms with Crippen molar-refractivity contribution in [2.24, 2.45) is 0 Å². The average molecular weight is 366 g/mol. The second-order valence-corrected chi connectivity index (χ2v) is 7.42. The number of hydrogen-bond donors (Lipinski definition) is 1. The largest absolute Gasteiger partial charge is 0.348 e. The van der Waals surface area contributed by atoms with Crippen LogP contribution in [0.1, 0.15) is 42.9 Å². The fourth-order valence-corrected chi connectivity index (χ4v) is 3.27. The normalized spacial score (nSPS) is 14.9. The number of nitrogens with zero attached hydrogens (tertiary/aromatic N) is 1. The van der Waals surface area contributed by atoms with Gasteiger partial charge in [-0.3, -0.25) is 9.69 Å². The fraction of sp³-hybridized carbons (Fsp3) is 0.348. The lowest BCUT2D eigenvalue weighted by molar-refractivity contribution is -0.117. The Kier molecular flexibility index (Phi) is 6.40. The molecule has 0 unspecified atom stereocenters. The van der Waals surface area contributed by atoms with Crippen molar-refractivity contribution < 1.29 is 9.18 Å². The third-order valence-corrected chi connectivity index (χ3v) is 4.98. The molecule has 0 aromatic heterocycles. The average Bonchev–Trinajstić information content (AvgIpc) is 2.67. The van der Waals surface area contributed by atoms with Gasteiger partial charge in [0.15, 0.2) is 0 Å². The molecule has 0 atom stereocenters. The van der Waals surface area contributed by atoms with Crippen molar-refractivity contribution in [1.82, 2.24) is 10.2 Å². The Labute approximate surface area is 160 Å². The van der Waals surface area contributed by atoms with Gasteiger partial charge in [-0.2, -0.15) is 0 Å². The van der Waals surface area contributed by atoms with Gasteiger partial charge >= 0.3 is 0 Å². The molecule has 0 aliphatic carbocycles. The first-order chi connectivity index (χ1) is 13.0. The number of halogens is 1. The van der Waals surface area contributed by atoms with Crippen LogP contribution in [0, 0.1) is 5.82 Å². The van der Waals surface area contributed by atoms with Crippen LogP contribution in [0.5, 0.6) is 0 Å². The van der Waals surface area contributed by atoms with Crippen LogP contribution in [-0.4, -0.2) is 23.9 Å². The summed E-state index contributed by atoms with van der Waals surface area (Å²) in [6.07, 6.45) is 2.70. The van der Waals surface area contributed by atoms with Crippen LogP contribution in [0.25, 0.3) is 0 Å². The van der Waals surface area contributed by atoms with Gasteiger partial charge in [0.05, 0.1) is 0 Å². The maximum Gasteiger partial charge on any atom is 0.247 e. The van der Waals surface area contributed by atoms with Gasteiger partial charge in [0.2, 0.25) is 5.91 Å². The Balaban J connectivity index is 1.49.